The highest BCUT2D eigenvalue weighted by Crippen LogP contribution is 2.25. The summed E-state index contributed by atoms with van der Waals surface area (Å²) in [5.74, 6) is 0.269. The first-order valence-corrected chi connectivity index (χ1v) is 7.64. The highest BCUT2D eigenvalue weighted by molar-refractivity contribution is 7.80. The number of aromatic nitrogens is 1. The van der Waals surface area contributed by atoms with Crippen LogP contribution >= 0.6 is 23.8 Å². The molecule has 1 aromatic heterocycles. The van der Waals surface area contributed by atoms with Gasteiger partial charge in [-0.15, -0.1) is 0 Å². The number of anilines is 1. The van der Waals surface area contributed by atoms with Crippen LogP contribution < -0.4 is 10.6 Å². The SMILES string of the molecule is O=C(NC(=S)Nc1ccccn1)c1cccc2c(Cl)cccc12. The maximum atomic E-state index is 12.5. The Hall–Kier alpha value is -2.50. The number of pyridine rings is 1. The molecule has 4 nitrogen and oxygen atoms in total. The Morgan fingerprint density at radius 3 is 2.57 bits per heavy atom. The molecule has 3 rings (SSSR count). The number of carbonyl (C=O) groups is 1. The smallest absolute Gasteiger partial charge is 0.258 e. The zero-order valence-corrected chi connectivity index (χ0v) is 13.5. The van der Waals surface area contributed by atoms with Gasteiger partial charge in [-0.2, -0.15) is 0 Å². The van der Waals surface area contributed by atoms with Gasteiger partial charge in [0.15, 0.2) is 5.11 Å². The number of thiocarbonyl (C=S) groups is 1. The minimum absolute atomic E-state index is 0.188. The fourth-order valence-corrected chi connectivity index (χ4v) is 2.66. The number of carbonyl (C=O) groups excluding carboxylic acids is 1. The summed E-state index contributed by atoms with van der Waals surface area (Å²) in [4.78, 5) is 16.6. The Morgan fingerprint density at radius 2 is 1.78 bits per heavy atom. The van der Waals surface area contributed by atoms with E-state index in [9.17, 15) is 4.79 Å². The molecule has 0 aliphatic heterocycles. The van der Waals surface area contributed by atoms with Gasteiger partial charge in [0.1, 0.15) is 5.82 Å². The Kier molecular flexibility index (Phi) is 4.50. The van der Waals surface area contributed by atoms with Gasteiger partial charge in [-0.1, -0.05) is 41.9 Å². The maximum absolute atomic E-state index is 12.5. The number of benzene rings is 2. The zero-order chi connectivity index (χ0) is 16.2. The van der Waals surface area contributed by atoms with Gasteiger partial charge in [-0.05, 0) is 41.9 Å². The molecular weight excluding hydrogens is 330 g/mol. The maximum Gasteiger partial charge on any atom is 0.258 e. The summed E-state index contributed by atoms with van der Waals surface area (Å²) in [6.07, 6.45) is 1.64. The first-order valence-electron chi connectivity index (χ1n) is 6.86. The Bertz CT molecular complexity index is 883. The summed E-state index contributed by atoms with van der Waals surface area (Å²) < 4.78 is 0. The summed E-state index contributed by atoms with van der Waals surface area (Å²) in [6, 6.07) is 16.2. The molecule has 0 fully saturated rings. The van der Waals surface area contributed by atoms with E-state index in [1.54, 1.807) is 36.5 Å². The summed E-state index contributed by atoms with van der Waals surface area (Å²) in [5, 5.41) is 7.91. The molecule has 0 saturated carbocycles. The average molecular weight is 342 g/mol. The fraction of sp³-hybridized carbons (Fsp3) is 0. The minimum atomic E-state index is -0.300. The third-order valence-electron chi connectivity index (χ3n) is 3.25. The van der Waals surface area contributed by atoms with Gasteiger partial charge in [0.2, 0.25) is 0 Å². The van der Waals surface area contributed by atoms with Gasteiger partial charge in [0.25, 0.3) is 5.91 Å². The summed E-state index contributed by atoms with van der Waals surface area (Å²) >= 11 is 11.3. The van der Waals surface area contributed by atoms with Crippen LogP contribution in [-0.2, 0) is 0 Å². The van der Waals surface area contributed by atoms with Gasteiger partial charge >= 0.3 is 0 Å². The van der Waals surface area contributed by atoms with Gasteiger partial charge in [-0.25, -0.2) is 4.98 Å². The zero-order valence-electron chi connectivity index (χ0n) is 11.9. The molecule has 0 aliphatic carbocycles. The normalized spacial score (nSPS) is 10.3. The number of halogens is 1. The number of amides is 1. The average Bonchev–Trinajstić information content (AvgIpc) is 2.55. The van der Waals surface area contributed by atoms with E-state index in [-0.39, 0.29) is 11.0 Å². The molecule has 1 amide bonds. The van der Waals surface area contributed by atoms with E-state index in [1.807, 2.05) is 24.3 Å². The highest BCUT2D eigenvalue weighted by Gasteiger charge is 2.12. The van der Waals surface area contributed by atoms with E-state index in [4.69, 9.17) is 23.8 Å². The van der Waals surface area contributed by atoms with Gasteiger partial charge < -0.3 is 5.32 Å². The molecule has 2 N–H and O–H groups in total. The first kappa shape index (κ1) is 15.4. The standard InChI is InChI=1S/C17H12ClN3OS/c18-14-8-4-5-11-12(14)6-3-7-13(11)16(22)21-17(23)20-15-9-1-2-10-19-15/h1-10H,(H2,19,20,21,22,23). The lowest BCUT2D eigenvalue weighted by atomic mass is 10.0. The number of hydrogen-bond acceptors (Lipinski definition) is 3. The molecule has 2 aromatic carbocycles. The fourth-order valence-electron chi connectivity index (χ4n) is 2.22. The second-order valence-electron chi connectivity index (χ2n) is 4.76. The monoisotopic (exact) mass is 341 g/mol. The van der Waals surface area contributed by atoms with E-state index in [0.717, 1.165) is 10.8 Å². The predicted octanol–water partition coefficient (Wildman–Crippen LogP) is 4.02. The third kappa shape index (κ3) is 3.47. The quantitative estimate of drug-likeness (QED) is 0.691. The van der Waals surface area contributed by atoms with Crippen molar-refractivity contribution < 1.29 is 4.79 Å². The number of nitrogens with zero attached hydrogens (tertiary/aromatic N) is 1. The van der Waals surface area contributed by atoms with Crippen LogP contribution in [0.3, 0.4) is 0 Å². The van der Waals surface area contributed by atoms with Crippen LogP contribution in [0.1, 0.15) is 10.4 Å². The molecule has 0 atom stereocenters. The summed E-state index contributed by atoms with van der Waals surface area (Å²) in [6.45, 7) is 0. The van der Waals surface area contributed by atoms with Crippen molar-refractivity contribution in [3.05, 3.63) is 71.4 Å². The molecule has 114 valence electrons. The van der Waals surface area contributed by atoms with E-state index < -0.39 is 0 Å². The topological polar surface area (TPSA) is 54.0 Å². The van der Waals surface area contributed by atoms with Crippen LogP contribution in [0.5, 0.6) is 0 Å². The van der Waals surface area contributed by atoms with Crippen LogP contribution in [0.25, 0.3) is 10.8 Å². The van der Waals surface area contributed by atoms with E-state index in [1.165, 1.54) is 0 Å². The molecule has 23 heavy (non-hydrogen) atoms. The molecule has 0 bridgehead atoms. The van der Waals surface area contributed by atoms with Crippen molar-refractivity contribution in [1.29, 1.82) is 0 Å². The Morgan fingerprint density at radius 1 is 1.00 bits per heavy atom. The van der Waals surface area contributed by atoms with Crippen molar-refractivity contribution in [1.82, 2.24) is 10.3 Å². The minimum Gasteiger partial charge on any atom is -0.317 e. The Labute approximate surface area is 143 Å². The molecule has 1 heterocycles. The second-order valence-corrected chi connectivity index (χ2v) is 5.58. The third-order valence-corrected chi connectivity index (χ3v) is 3.78. The van der Waals surface area contributed by atoms with E-state index >= 15 is 0 Å². The second kappa shape index (κ2) is 6.73. The van der Waals surface area contributed by atoms with Crippen molar-refractivity contribution in [3.63, 3.8) is 0 Å². The lowest BCUT2D eigenvalue weighted by Crippen LogP contribution is -2.34. The van der Waals surface area contributed by atoms with Crippen molar-refractivity contribution in [3.8, 4) is 0 Å². The molecule has 3 aromatic rings. The number of nitrogens with one attached hydrogen (secondary N) is 2. The van der Waals surface area contributed by atoms with Crippen molar-refractivity contribution in [2.45, 2.75) is 0 Å². The van der Waals surface area contributed by atoms with Gasteiger partial charge in [0, 0.05) is 22.2 Å². The Balaban J connectivity index is 1.81. The van der Waals surface area contributed by atoms with Crippen LogP contribution in [0, 0.1) is 0 Å². The lowest BCUT2D eigenvalue weighted by molar-refractivity contribution is 0.0979. The molecule has 0 radical (unpaired) electrons. The van der Waals surface area contributed by atoms with Crippen molar-refractivity contribution >= 4 is 51.4 Å². The highest BCUT2D eigenvalue weighted by atomic mass is 35.5. The predicted molar refractivity (Wildman–Crippen MR) is 96.9 cm³/mol. The van der Waals surface area contributed by atoms with Crippen LogP contribution in [0.4, 0.5) is 5.82 Å². The lowest BCUT2D eigenvalue weighted by Gasteiger charge is -2.10. The van der Waals surface area contributed by atoms with E-state index in [2.05, 4.69) is 15.6 Å². The van der Waals surface area contributed by atoms with Crippen LogP contribution in [0.15, 0.2) is 60.8 Å². The summed E-state index contributed by atoms with van der Waals surface area (Å²) in [7, 11) is 0. The molecule has 0 saturated heterocycles. The molecule has 0 spiro atoms. The van der Waals surface area contributed by atoms with Crippen LogP contribution in [0.2, 0.25) is 5.02 Å². The van der Waals surface area contributed by atoms with E-state index in [0.29, 0.717) is 16.4 Å². The summed E-state index contributed by atoms with van der Waals surface area (Å²) in [5.41, 5.74) is 0.509. The molecule has 0 unspecified atom stereocenters. The van der Waals surface area contributed by atoms with Gasteiger partial charge in [-0.3, -0.25) is 10.1 Å². The van der Waals surface area contributed by atoms with Crippen molar-refractivity contribution in [2.24, 2.45) is 0 Å². The largest absolute Gasteiger partial charge is 0.317 e. The van der Waals surface area contributed by atoms with Crippen LogP contribution in [-0.4, -0.2) is 16.0 Å². The molecular formula is C17H12ClN3OS. The number of fused-ring (bicyclic) bond motifs is 1. The number of rotatable bonds is 2. The molecule has 0 aliphatic rings. The van der Waals surface area contributed by atoms with Gasteiger partial charge in [0.05, 0.1) is 0 Å². The molecule has 6 heteroatoms. The van der Waals surface area contributed by atoms with Crippen molar-refractivity contribution in [2.75, 3.05) is 5.32 Å². The number of hydrogen-bond donors (Lipinski definition) is 2. The first-order chi connectivity index (χ1) is 11.1.